The minimum absolute atomic E-state index is 0.0415. The van der Waals surface area contributed by atoms with E-state index in [1.807, 2.05) is 0 Å². The lowest BCUT2D eigenvalue weighted by molar-refractivity contribution is -0.131. The summed E-state index contributed by atoms with van der Waals surface area (Å²) in [6.07, 6.45) is 3.94. The summed E-state index contributed by atoms with van der Waals surface area (Å²) in [5, 5.41) is 0. The van der Waals surface area contributed by atoms with Crippen molar-refractivity contribution in [3.63, 3.8) is 0 Å². The lowest BCUT2D eigenvalue weighted by Crippen LogP contribution is -2.46. The fourth-order valence-electron chi connectivity index (χ4n) is 9.23. The Morgan fingerprint density at radius 2 is 1.86 bits per heavy atom. The number of anilines is 1. The number of rotatable bonds is 6. The van der Waals surface area contributed by atoms with Crippen LogP contribution in [-0.2, 0) is 14.3 Å². The number of allylic oxidation sites excluding steroid dienone is 4. The number of fused-ring (bicyclic) bond motifs is 4. The Balaban J connectivity index is 1.44. The van der Waals surface area contributed by atoms with Gasteiger partial charge in [0.2, 0.25) is 0 Å². The molecule has 1 aromatic carbocycles. The largest absolute Gasteiger partial charge is 0.457 e. The average Bonchev–Trinajstić information content (AvgIpc) is 3.60. The Morgan fingerprint density at radius 1 is 1.12 bits per heavy atom. The Morgan fingerprint density at radius 3 is 2.55 bits per heavy atom. The van der Waals surface area contributed by atoms with Crippen molar-refractivity contribution in [3.8, 4) is 11.8 Å². The number of carbonyl (C=O) groups is 2. The van der Waals surface area contributed by atoms with Crippen LogP contribution in [0.1, 0.15) is 76.2 Å². The second-order valence-corrected chi connectivity index (χ2v) is 13.2. The molecule has 2 saturated carbocycles. The van der Waals surface area contributed by atoms with Crippen LogP contribution in [0.25, 0.3) is 0 Å². The predicted molar refractivity (Wildman–Crippen MR) is 156 cm³/mol. The van der Waals surface area contributed by atoms with Crippen molar-refractivity contribution in [1.29, 1.82) is 0 Å². The number of nitrogens with zero attached hydrogens (tertiary/aromatic N) is 1. The summed E-state index contributed by atoms with van der Waals surface area (Å²) in [7, 11) is 1.56. The maximum atomic E-state index is 13.4. The van der Waals surface area contributed by atoms with E-state index < -0.39 is 6.18 Å². The van der Waals surface area contributed by atoms with Gasteiger partial charge in [-0.15, -0.1) is 0 Å². The molecule has 0 N–H and O–H groups in total. The van der Waals surface area contributed by atoms with Crippen molar-refractivity contribution in [2.45, 2.75) is 76.8 Å². The first-order chi connectivity index (χ1) is 20.1. The summed E-state index contributed by atoms with van der Waals surface area (Å²) in [5.74, 6) is 4.22. The summed E-state index contributed by atoms with van der Waals surface area (Å²) in [6, 6.07) is 8.92. The highest BCUT2D eigenvalue weighted by molar-refractivity contribution is 5.93. The van der Waals surface area contributed by atoms with E-state index in [9.17, 15) is 22.8 Å². The number of methoxy groups -OCH3 is 1. The van der Waals surface area contributed by atoms with E-state index >= 15 is 0 Å². The zero-order chi connectivity index (χ0) is 29.6. The molecular weight excluding hydrogens is 539 g/mol. The third-order valence-corrected chi connectivity index (χ3v) is 10.9. The molecule has 1 saturated heterocycles. The lowest BCUT2D eigenvalue weighted by atomic mass is 9.50. The first-order valence-corrected chi connectivity index (χ1v) is 15.5. The molecule has 42 heavy (non-hydrogen) atoms. The fourth-order valence-corrected chi connectivity index (χ4v) is 9.23. The van der Waals surface area contributed by atoms with Crippen LogP contribution >= 0.6 is 0 Å². The number of ketones is 2. The highest BCUT2D eigenvalue weighted by Crippen LogP contribution is 2.66. The van der Waals surface area contributed by atoms with Crippen LogP contribution < -0.4 is 4.90 Å². The number of hydrogen-bond acceptors (Lipinski definition) is 4. The van der Waals surface area contributed by atoms with Gasteiger partial charge in [0.25, 0.3) is 0 Å². The van der Waals surface area contributed by atoms with Crippen molar-refractivity contribution in [1.82, 2.24) is 0 Å². The molecule has 0 spiro atoms. The van der Waals surface area contributed by atoms with Crippen LogP contribution in [0.2, 0.25) is 0 Å². The number of ether oxygens (including phenoxy) is 1. The first kappa shape index (κ1) is 29.2. The van der Waals surface area contributed by atoms with Gasteiger partial charge in [0, 0.05) is 56.5 Å². The molecule has 3 fully saturated rings. The molecule has 1 aromatic rings. The minimum atomic E-state index is -4.54. The van der Waals surface area contributed by atoms with Gasteiger partial charge >= 0.3 is 6.18 Å². The second kappa shape index (κ2) is 11.3. The maximum absolute atomic E-state index is 13.4. The second-order valence-electron chi connectivity index (χ2n) is 13.2. The molecule has 1 aliphatic heterocycles. The summed E-state index contributed by atoms with van der Waals surface area (Å²) in [5.41, 5.74) is 5.66. The van der Waals surface area contributed by atoms with Gasteiger partial charge < -0.3 is 9.64 Å². The van der Waals surface area contributed by atoms with Gasteiger partial charge in [-0.3, -0.25) is 9.59 Å². The predicted octanol–water partition coefficient (Wildman–Crippen LogP) is 7.20. The van der Waals surface area contributed by atoms with Crippen molar-refractivity contribution in [3.05, 3.63) is 52.6 Å². The quantitative estimate of drug-likeness (QED) is 0.335. The van der Waals surface area contributed by atoms with Crippen molar-refractivity contribution >= 4 is 17.3 Å². The molecule has 0 aromatic heterocycles. The van der Waals surface area contributed by atoms with E-state index in [2.05, 4.69) is 42.0 Å². The number of carbonyl (C=O) groups excluding carboxylic acids is 2. The molecule has 6 atom stereocenters. The van der Waals surface area contributed by atoms with Crippen LogP contribution in [0.5, 0.6) is 0 Å². The number of hydrogen-bond donors (Lipinski definition) is 0. The zero-order valence-corrected chi connectivity index (χ0v) is 24.6. The molecule has 5 aliphatic rings. The molecule has 6 rings (SSSR count). The van der Waals surface area contributed by atoms with E-state index in [0.29, 0.717) is 19.3 Å². The standard InChI is InChI=1S/C35H40F3NO3/c1-34-20-29(22-7-9-24(10-8-22)39-16-3-4-17-39)33-26-12-11-25(40)19-27(26)23(6-5-15-35(36,37)38)18-28(33)30(34)13-14-31(34)32(41)21-42-2/h7-10,19,23,28-31H,3-4,6,11-14,16-18,20-21H2,1-2H3/t23?,28-,29+,30-,31+,34-/m0/s1. The third kappa shape index (κ3) is 5.36. The third-order valence-electron chi connectivity index (χ3n) is 10.9. The summed E-state index contributed by atoms with van der Waals surface area (Å²) in [4.78, 5) is 28.4. The molecule has 7 heteroatoms. The normalized spacial score (nSPS) is 32.5. The van der Waals surface area contributed by atoms with Crippen molar-refractivity contribution in [2.75, 3.05) is 31.7 Å². The van der Waals surface area contributed by atoms with Crippen LogP contribution in [0.4, 0.5) is 18.9 Å². The van der Waals surface area contributed by atoms with E-state index in [1.54, 1.807) is 13.2 Å². The van der Waals surface area contributed by atoms with E-state index in [1.165, 1.54) is 41.2 Å². The van der Waals surface area contributed by atoms with Crippen molar-refractivity contribution < 1.29 is 27.5 Å². The van der Waals surface area contributed by atoms with Gasteiger partial charge in [0.1, 0.15) is 6.61 Å². The van der Waals surface area contributed by atoms with Crippen LogP contribution in [-0.4, -0.2) is 44.5 Å². The number of alkyl halides is 3. The van der Waals surface area contributed by atoms with E-state index in [-0.39, 0.29) is 59.6 Å². The van der Waals surface area contributed by atoms with Gasteiger partial charge in [0.15, 0.2) is 11.6 Å². The average molecular weight is 580 g/mol. The molecule has 0 amide bonds. The highest BCUT2D eigenvalue weighted by Gasteiger charge is 2.58. The first-order valence-electron chi connectivity index (χ1n) is 15.5. The molecular formula is C35H40F3NO3. The Bertz CT molecular complexity index is 1360. The molecule has 0 radical (unpaired) electrons. The van der Waals surface area contributed by atoms with Gasteiger partial charge in [-0.05, 0) is 103 Å². The van der Waals surface area contributed by atoms with Crippen LogP contribution in [0.15, 0.2) is 47.1 Å². The highest BCUT2D eigenvalue weighted by atomic mass is 19.4. The smallest absolute Gasteiger partial charge is 0.377 e. The van der Waals surface area contributed by atoms with Crippen LogP contribution in [0.3, 0.4) is 0 Å². The van der Waals surface area contributed by atoms with Gasteiger partial charge in [-0.25, -0.2) is 0 Å². The van der Waals surface area contributed by atoms with Gasteiger partial charge in [0.05, 0.1) is 0 Å². The summed E-state index contributed by atoms with van der Waals surface area (Å²) < 4.78 is 44.1. The number of Topliss-reactive ketones (excluding diaryl/α,β-unsaturated/α-hetero) is 1. The molecule has 4 nitrogen and oxygen atoms in total. The van der Waals surface area contributed by atoms with Gasteiger partial charge in [-0.2, -0.15) is 13.2 Å². The molecule has 1 unspecified atom stereocenters. The van der Waals surface area contributed by atoms with Gasteiger partial charge in [-0.1, -0.05) is 30.6 Å². The Hall–Kier alpha value is -2.85. The molecule has 4 aliphatic carbocycles. The summed E-state index contributed by atoms with van der Waals surface area (Å²) in [6.45, 7) is 4.52. The van der Waals surface area contributed by atoms with Crippen molar-refractivity contribution in [2.24, 2.45) is 29.1 Å². The Kier molecular flexibility index (Phi) is 7.89. The van der Waals surface area contributed by atoms with E-state index in [0.717, 1.165) is 37.9 Å². The zero-order valence-electron chi connectivity index (χ0n) is 24.6. The Labute approximate surface area is 246 Å². The summed E-state index contributed by atoms with van der Waals surface area (Å²) >= 11 is 0. The fraction of sp³-hybridized carbons (Fsp3) is 0.600. The molecule has 0 bridgehead atoms. The number of benzene rings is 1. The lowest BCUT2D eigenvalue weighted by Gasteiger charge is -2.53. The SMILES string of the molecule is COCC(=O)[C@H]1CC[C@H]2[C@@H]3CC(CC#CC(F)(F)F)C4=CC(=O)CCC4=C3[C@@H](c3ccc(N4CCCC4)cc3)C[C@]12C. The topological polar surface area (TPSA) is 46.6 Å². The number of halogens is 3. The van der Waals surface area contributed by atoms with Crippen LogP contribution in [0, 0.1) is 40.9 Å². The van der Waals surface area contributed by atoms with E-state index in [4.69, 9.17) is 4.74 Å². The minimum Gasteiger partial charge on any atom is -0.377 e. The molecule has 224 valence electrons. The monoisotopic (exact) mass is 579 g/mol. The molecule has 1 heterocycles. The maximum Gasteiger partial charge on any atom is 0.457 e.